The first-order valence-electron chi connectivity index (χ1n) is 6.39. The number of aromatic nitrogens is 3. The SMILES string of the molecule is CCc1nc(Cn2ccc3cc(CN)ccc32)no1. The molecule has 0 atom stereocenters. The molecule has 2 heterocycles. The van der Waals surface area contributed by atoms with Crippen molar-refractivity contribution in [1.82, 2.24) is 14.7 Å². The van der Waals surface area contributed by atoms with Crippen LogP contribution in [0.15, 0.2) is 35.0 Å². The van der Waals surface area contributed by atoms with Crippen LogP contribution in [0.25, 0.3) is 10.9 Å². The van der Waals surface area contributed by atoms with Gasteiger partial charge in [0.25, 0.3) is 0 Å². The molecule has 98 valence electrons. The molecule has 0 amide bonds. The summed E-state index contributed by atoms with van der Waals surface area (Å²) in [6.45, 7) is 3.18. The molecule has 0 saturated heterocycles. The fraction of sp³-hybridized carbons (Fsp3) is 0.286. The van der Waals surface area contributed by atoms with Gasteiger partial charge in [-0.15, -0.1) is 0 Å². The third kappa shape index (κ3) is 2.24. The zero-order valence-corrected chi connectivity index (χ0v) is 10.8. The monoisotopic (exact) mass is 256 g/mol. The first-order valence-corrected chi connectivity index (χ1v) is 6.39. The summed E-state index contributed by atoms with van der Waals surface area (Å²) in [4.78, 5) is 4.33. The van der Waals surface area contributed by atoms with Gasteiger partial charge in [-0.3, -0.25) is 0 Å². The van der Waals surface area contributed by atoms with E-state index in [1.807, 2.05) is 19.2 Å². The molecule has 0 aliphatic rings. The molecule has 2 N–H and O–H groups in total. The van der Waals surface area contributed by atoms with Gasteiger partial charge in [0.05, 0.1) is 6.54 Å². The van der Waals surface area contributed by atoms with Crippen LogP contribution in [0.4, 0.5) is 0 Å². The van der Waals surface area contributed by atoms with Gasteiger partial charge in [-0.25, -0.2) is 0 Å². The number of fused-ring (bicyclic) bond motifs is 1. The van der Waals surface area contributed by atoms with Crippen LogP contribution in [-0.2, 0) is 19.5 Å². The van der Waals surface area contributed by atoms with Crippen molar-refractivity contribution in [2.75, 3.05) is 0 Å². The Hall–Kier alpha value is -2.14. The fourth-order valence-corrected chi connectivity index (χ4v) is 2.16. The second-order valence-electron chi connectivity index (χ2n) is 4.50. The van der Waals surface area contributed by atoms with Gasteiger partial charge < -0.3 is 14.8 Å². The van der Waals surface area contributed by atoms with Crippen LogP contribution in [0.1, 0.15) is 24.2 Å². The first-order chi connectivity index (χ1) is 9.30. The van der Waals surface area contributed by atoms with Gasteiger partial charge in [0.15, 0.2) is 5.82 Å². The molecule has 3 rings (SSSR count). The van der Waals surface area contributed by atoms with E-state index in [1.165, 1.54) is 5.39 Å². The molecule has 0 aliphatic carbocycles. The molecular formula is C14H16N4O. The summed E-state index contributed by atoms with van der Waals surface area (Å²) < 4.78 is 7.23. The van der Waals surface area contributed by atoms with Crippen LogP contribution in [0, 0.1) is 0 Å². The summed E-state index contributed by atoms with van der Waals surface area (Å²) in [7, 11) is 0. The summed E-state index contributed by atoms with van der Waals surface area (Å²) in [6, 6.07) is 8.32. The summed E-state index contributed by atoms with van der Waals surface area (Å²) in [6.07, 6.45) is 2.80. The Morgan fingerprint density at radius 2 is 2.21 bits per heavy atom. The van der Waals surface area contributed by atoms with E-state index in [1.54, 1.807) is 0 Å². The lowest BCUT2D eigenvalue weighted by Gasteiger charge is -2.02. The lowest BCUT2D eigenvalue weighted by Crippen LogP contribution is -2.00. The second kappa shape index (κ2) is 4.85. The van der Waals surface area contributed by atoms with Crippen molar-refractivity contribution in [2.45, 2.75) is 26.4 Å². The van der Waals surface area contributed by atoms with E-state index in [4.69, 9.17) is 10.3 Å². The zero-order valence-electron chi connectivity index (χ0n) is 10.8. The van der Waals surface area contributed by atoms with Crippen LogP contribution in [0.5, 0.6) is 0 Å². The summed E-state index contributed by atoms with van der Waals surface area (Å²) in [5.41, 5.74) is 7.94. The number of hydrogen-bond donors (Lipinski definition) is 1. The van der Waals surface area contributed by atoms with Gasteiger partial charge in [0.1, 0.15) is 0 Å². The Labute approximate surface area is 111 Å². The summed E-state index contributed by atoms with van der Waals surface area (Å²) in [5.74, 6) is 1.38. The predicted octanol–water partition coefficient (Wildman–Crippen LogP) is 2.09. The van der Waals surface area contributed by atoms with E-state index < -0.39 is 0 Å². The molecule has 5 nitrogen and oxygen atoms in total. The van der Waals surface area contributed by atoms with Crippen molar-refractivity contribution >= 4 is 10.9 Å². The van der Waals surface area contributed by atoms with E-state index in [-0.39, 0.29) is 0 Å². The number of aryl methyl sites for hydroxylation is 1. The van der Waals surface area contributed by atoms with Crippen LogP contribution in [0.2, 0.25) is 0 Å². The van der Waals surface area contributed by atoms with E-state index in [0.29, 0.717) is 24.8 Å². The normalized spacial score (nSPS) is 11.3. The number of nitrogens with zero attached hydrogens (tertiary/aromatic N) is 3. The molecule has 19 heavy (non-hydrogen) atoms. The maximum Gasteiger partial charge on any atom is 0.226 e. The number of rotatable bonds is 4. The Kier molecular flexibility index (Phi) is 3.05. The average Bonchev–Trinajstić information content (AvgIpc) is 3.06. The lowest BCUT2D eigenvalue weighted by atomic mass is 10.1. The van der Waals surface area contributed by atoms with E-state index in [2.05, 4.69) is 32.9 Å². The number of hydrogen-bond acceptors (Lipinski definition) is 4. The summed E-state index contributed by atoms with van der Waals surface area (Å²) in [5, 5.41) is 5.16. The third-order valence-corrected chi connectivity index (χ3v) is 3.20. The quantitative estimate of drug-likeness (QED) is 0.776. The van der Waals surface area contributed by atoms with Gasteiger partial charge in [-0.1, -0.05) is 18.1 Å². The molecule has 0 unspecified atom stereocenters. The van der Waals surface area contributed by atoms with Crippen LogP contribution in [-0.4, -0.2) is 14.7 Å². The van der Waals surface area contributed by atoms with Gasteiger partial charge in [-0.2, -0.15) is 4.98 Å². The highest BCUT2D eigenvalue weighted by atomic mass is 16.5. The molecule has 0 radical (unpaired) electrons. The minimum atomic E-state index is 0.561. The fourth-order valence-electron chi connectivity index (χ4n) is 2.16. The topological polar surface area (TPSA) is 69.9 Å². The van der Waals surface area contributed by atoms with Crippen LogP contribution in [0.3, 0.4) is 0 Å². The van der Waals surface area contributed by atoms with Crippen molar-refractivity contribution in [3.05, 3.63) is 47.7 Å². The highest BCUT2D eigenvalue weighted by molar-refractivity contribution is 5.80. The lowest BCUT2D eigenvalue weighted by molar-refractivity contribution is 0.375. The van der Waals surface area contributed by atoms with Gasteiger partial charge >= 0.3 is 0 Å². The summed E-state index contributed by atoms with van der Waals surface area (Å²) >= 11 is 0. The van der Waals surface area contributed by atoms with Crippen molar-refractivity contribution in [1.29, 1.82) is 0 Å². The third-order valence-electron chi connectivity index (χ3n) is 3.20. The largest absolute Gasteiger partial charge is 0.340 e. The second-order valence-corrected chi connectivity index (χ2v) is 4.50. The van der Waals surface area contributed by atoms with Gasteiger partial charge in [0, 0.05) is 24.7 Å². The molecule has 3 aromatic rings. The Morgan fingerprint density at radius 1 is 1.32 bits per heavy atom. The molecule has 0 fully saturated rings. The molecule has 0 aliphatic heterocycles. The number of nitrogens with two attached hydrogens (primary N) is 1. The molecular weight excluding hydrogens is 240 g/mol. The molecule has 0 bridgehead atoms. The van der Waals surface area contributed by atoms with Crippen molar-refractivity contribution < 1.29 is 4.52 Å². The first kappa shape index (κ1) is 11.9. The molecule has 5 heteroatoms. The predicted molar refractivity (Wildman–Crippen MR) is 72.6 cm³/mol. The molecule has 2 aromatic heterocycles. The zero-order chi connectivity index (χ0) is 13.2. The highest BCUT2D eigenvalue weighted by Gasteiger charge is 2.07. The van der Waals surface area contributed by atoms with E-state index >= 15 is 0 Å². The van der Waals surface area contributed by atoms with Crippen molar-refractivity contribution in [2.24, 2.45) is 5.73 Å². The molecule has 1 aromatic carbocycles. The maximum absolute atomic E-state index is 5.65. The average molecular weight is 256 g/mol. The van der Waals surface area contributed by atoms with E-state index in [0.717, 1.165) is 17.5 Å². The minimum Gasteiger partial charge on any atom is -0.340 e. The smallest absolute Gasteiger partial charge is 0.226 e. The Morgan fingerprint density at radius 3 is 2.95 bits per heavy atom. The van der Waals surface area contributed by atoms with Crippen molar-refractivity contribution in [3.8, 4) is 0 Å². The molecule has 0 spiro atoms. The van der Waals surface area contributed by atoms with Crippen molar-refractivity contribution in [3.63, 3.8) is 0 Å². The standard InChI is InChI=1S/C14H16N4O/c1-2-14-16-13(17-19-14)9-18-6-5-11-7-10(8-15)3-4-12(11)18/h3-7H,2,8-9,15H2,1H3. The van der Waals surface area contributed by atoms with Gasteiger partial charge in [0.2, 0.25) is 5.89 Å². The van der Waals surface area contributed by atoms with Gasteiger partial charge in [-0.05, 0) is 29.1 Å². The maximum atomic E-state index is 5.65. The highest BCUT2D eigenvalue weighted by Crippen LogP contribution is 2.18. The molecule has 0 saturated carbocycles. The van der Waals surface area contributed by atoms with Crippen LogP contribution >= 0.6 is 0 Å². The van der Waals surface area contributed by atoms with Crippen LogP contribution < -0.4 is 5.73 Å². The number of benzene rings is 1. The minimum absolute atomic E-state index is 0.561. The Bertz CT molecular complexity index is 698. The van der Waals surface area contributed by atoms with E-state index in [9.17, 15) is 0 Å². The Balaban J connectivity index is 1.92.